The highest BCUT2D eigenvalue weighted by molar-refractivity contribution is 5.22. The van der Waals surface area contributed by atoms with Crippen LogP contribution in [0.5, 0.6) is 0 Å². The quantitative estimate of drug-likeness (QED) is 0.774. The predicted octanol–water partition coefficient (Wildman–Crippen LogP) is 4.94. The molecule has 0 heterocycles. The van der Waals surface area contributed by atoms with Crippen LogP contribution in [0.4, 0.5) is 0 Å². The van der Waals surface area contributed by atoms with E-state index in [0.29, 0.717) is 0 Å². The largest absolute Gasteiger partial charge is 0.310 e. The van der Waals surface area contributed by atoms with Crippen molar-refractivity contribution in [2.75, 3.05) is 0 Å². The summed E-state index contributed by atoms with van der Waals surface area (Å²) in [6.45, 7) is 7.93. The summed E-state index contributed by atoms with van der Waals surface area (Å²) in [5, 5.41) is 3.76. The van der Waals surface area contributed by atoms with E-state index >= 15 is 0 Å². The van der Waals surface area contributed by atoms with Gasteiger partial charge >= 0.3 is 0 Å². The second kappa shape index (κ2) is 7.83. The minimum atomic E-state index is 0.740. The van der Waals surface area contributed by atoms with Crippen molar-refractivity contribution in [1.29, 1.82) is 0 Å². The predicted molar refractivity (Wildman–Crippen MR) is 87.9 cm³/mol. The molecule has 0 saturated heterocycles. The average molecular weight is 273 g/mol. The van der Waals surface area contributed by atoms with Crippen LogP contribution in [0.3, 0.4) is 0 Å². The van der Waals surface area contributed by atoms with E-state index in [1.807, 2.05) is 0 Å². The molecule has 0 radical (unpaired) electrons. The molecule has 1 aromatic carbocycles. The van der Waals surface area contributed by atoms with Gasteiger partial charge < -0.3 is 5.32 Å². The molecule has 1 saturated carbocycles. The average Bonchev–Trinajstić information content (AvgIpc) is 2.46. The van der Waals surface area contributed by atoms with Gasteiger partial charge in [-0.2, -0.15) is 0 Å². The van der Waals surface area contributed by atoms with Gasteiger partial charge in [0.25, 0.3) is 0 Å². The van der Waals surface area contributed by atoms with Crippen molar-refractivity contribution in [3.63, 3.8) is 0 Å². The highest BCUT2D eigenvalue weighted by atomic mass is 14.9. The van der Waals surface area contributed by atoms with Crippen LogP contribution in [-0.4, -0.2) is 6.04 Å². The number of hydrogen-bond acceptors (Lipinski definition) is 1. The third kappa shape index (κ3) is 4.94. The molecule has 0 aliphatic heterocycles. The van der Waals surface area contributed by atoms with Gasteiger partial charge in [-0.3, -0.25) is 0 Å². The maximum atomic E-state index is 3.76. The summed E-state index contributed by atoms with van der Waals surface area (Å²) in [6, 6.07) is 9.93. The summed E-state index contributed by atoms with van der Waals surface area (Å²) in [5.74, 6) is 1.70. The summed E-state index contributed by atoms with van der Waals surface area (Å²) in [7, 11) is 0. The minimum absolute atomic E-state index is 0.740. The summed E-state index contributed by atoms with van der Waals surface area (Å²) >= 11 is 0. The van der Waals surface area contributed by atoms with Crippen LogP contribution in [0.25, 0.3) is 0 Å². The molecule has 112 valence electrons. The molecule has 2 atom stereocenters. The molecule has 2 unspecified atom stereocenters. The maximum Gasteiger partial charge on any atom is 0.0208 e. The van der Waals surface area contributed by atoms with Crippen molar-refractivity contribution < 1.29 is 0 Å². The van der Waals surface area contributed by atoms with Gasteiger partial charge in [-0.05, 0) is 42.2 Å². The molecule has 1 fully saturated rings. The Balaban J connectivity index is 1.78. The smallest absolute Gasteiger partial charge is 0.0208 e. The Kier molecular flexibility index (Phi) is 6.09. The fourth-order valence-electron chi connectivity index (χ4n) is 3.37. The fraction of sp³-hybridized carbons (Fsp3) is 0.684. The third-order valence-electron chi connectivity index (χ3n) is 4.62. The first kappa shape index (κ1) is 15.6. The molecule has 2 rings (SSSR count). The van der Waals surface area contributed by atoms with Gasteiger partial charge in [0.05, 0.1) is 0 Å². The van der Waals surface area contributed by atoms with Crippen LogP contribution in [0.2, 0.25) is 0 Å². The molecule has 1 aliphatic carbocycles. The van der Waals surface area contributed by atoms with E-state index in [0.717, 1.165) is 24.4 Å². The molecule has 0 bridgehead atoms. The molecule has 1 nitrogen and oxygen atoms in total. The SMILES string of the molecule is CCC1CCCC(NCc2ccc(CC(C)C)cc2)C1. The summed E-state index contributed by atoms with van der Waals surface area (Å²) in [5.41, 5.74) is 2.89. The Morgan fingerprint density at radius 3 is 2.45 bits per heavy atom. The molecule has 1 aromatic rings. The van der Waals surface area contributed by atoms with Crippen molar-refractivity contribution in [2.24, 2.45) is 11.8 Å². The molecule has 0 spiro atoms. The zero-order chi connectivity index (χ0) is 14.4. The van der Waals surface area contributed by atoms with Crippen molar-refractivity contribution in [3.05, 3.63) is 35.4 Å². The Morgan fingerprint density at radius 2 is 1.80 bits per heavy atom. The lowest BCUT2D eigenvalue weighted by molar-refractivity contribution is 0.278. The second-order valence-corrected chi connectivity index (χ2v) is 6.93. The zero-order valence-corrected chi connectivity index (χ0v) is 13.5. The molecule has 20 heavy (non-hydrogen) atoms. The molecule has 0 amide bonds. The van der Waals surface area contributed by atoms with E-state index in [9.17, 15) is 0 Å². The van der Waals surface area contributed by atoms with Crippen LogP contribution in [-0.2, 0) is 13.0 Å². The lowest BCUT2D eigenvalue weighted by Gasteiger charge is -2.29. The normalized spacial score (nSPS) is 23.2. The van der Waals surface area contributed by atoms with Crippen molar-refractivity contribution in [1.82, 2.24) is 5.32 Å². The monoisotopic (exact) mass is 273 g/mol. The van der Waals surface area contributed by atoms with Crippen molar-refractivity contribution in [2.45, 2.75) is 71.9 Å². The second-order valence-electron chi connectivity index (χ2n) is 6.93. The van der Waals surface area contributed by atoms with E-state index in [1.165, 1.54) is 49.7 Å². The highest BCUT2D eigenvalue weighted by Gasteiger charge is 2.19. The lowest BCUT2D eigenvalue weighted by atomic mass is 9.84. The summed E-state index contributed by atoms with van der Waals surface area (Å²) < 4.78 is 0. The first-order valence-corrected chi connectivity index (χ1v) is 8.48. The minimum Gasteiger partial charge on any atom is -0.310 e. The standard InChI is InChI=1S/C19H31N/c1-4-16-6-5-7-19(13-16)20-14-18-10-8-17(9-11-18)12-15(2)3/h8-11,15-16,19-20H,4-7,12-14H2,1-3H3. The summed E-state index contributed by atoms with van der Waals surface area (Å²) in [4.78, 5) is 0. The Bertz CT molecular complexity index is 379. The number of rotatable bonds is 6. The van der Waals surface area contributed by atoms with Crippen molar-refractivity contribution in [3.8, 4) is 0 Å². The van der Waals surface area contributed by atoms with Gasteiger partial charge in [0.15, 0.2) is 0 Å². The van der Waals surface area contributed by atoms with E-state index in [4.69, 9.17) is 0 Å². The van der Waals surface area contributed by atoms with Gasteiger partial charge in [-0.25, -0.2) is 0 Å². The Hall–Kier alpha value is -0.820. The van der Waals surface area contributed by atoms with E-state index < -0.39 is 0 Å². The molecular weight excluding hydrogens is 242 g/mol. The van der Waals surface area contributed by atoms with E-state index in [-0.39, 0.29) is 0 Å². The molecule has 1 heteroatoms. The molecule has 1 aliphatic rings. The number of benzene rings is 1. The van der Waals surface area contributed by atoms with Gasteiger partial charge in [-0.15, -0.1) is 0 Å². The van der Waals surface area contributed by atoms with E-state index in [2.05, 4.69) is 50.4 Å². The third-order valence-corrected chi connectivity index (χ3v) is 4.62. The number of hydrogen-bond donors (Lipinski definition) is 1. The lowest BCUT2D eigenvalue weighted by Crippen LogP contribution is -2.33. The zero-order valence-electron chi connectivity index (χ0n) is 13.5. The van der Waals surface area contributed by atoms with Crippen LogP contribution in [0.1, 0.15) is 64.0 Å². The molecular formula is C19H31N. The van der Waals surface area contributed by atoms with Gasteiger partial charge in [0.2, 0.25) is 0 Å². The van der Waals surface area contributed by atoms with Gasteiger partial charge in [-0.1, -0.05) is 64.3 Å². The fourth-order valence-corrected chi connectivity index (χ4v) is 3.37. The first-order chi connectivity index (χ1) is 9.67. The number of nitrogens with one attached hydrogen (secondary N) is 1. The summed E-state index contributed by atoms with van der Waals surface area (Å²) in [6.07, 6.45) is 8.13. The van der Waals surface area contributed by atoms with Gasteiger partial charge in [0.1, 0.15) is 0 Å². The van der Waals surface area contributed by atoms with Crippen LogP contribution >= 0.6 is 0 Å². The maximum absolute atomic E-state index is 3.76. The van der Waals surface area contributed by atoms with Crippen LogP contribution in [0.15, 0.2) is 24.3 Å². The van der Waals surface area contributed by atoms with E-state index in [1.54, 1.807) is 0 Å². The first-order valence-electron chi connectivity index (χ1n) is 8.48. The Morgan fingerprint density at radius 1 is 1.10 bits per heavy atom. The highest BCUT2D eigenvalue weighted by Crippen LogP contribution is 2.26. The topological polar surface area (TPSA) is 12.0 Å². The van der Waals surface area contributed by atoms with Gasteiger partial charge in [0, 0.05) is 12.6 Å². The Labute approximate surface area is 125 Å². The molecule has 0 aromatic heterocycles. The van der Waals surface area contributed by atoms with Crippen LogP contribution < -0.4 is 5.32 Å². The van der Waals surface area contributed by atoms with Crippen LogP contribution in [0, 0.1) is 11.8 Å². The molecule has 1 N–H and O–H groups in total. The van der Waals surface area contributed by atoms with Crippen molar-refractivity contribution >= 4 is 0 Å².